The average molecular weight is 335 g/mol. The lowest BCUT2D eigenvalue weighted by atomic mass is 10.0. The lowest BCUT2D eigenvalue weighted by Gasteiger charge is -2.24. The van der Waals surface area contributed by atoms with Gasteiger partial charge in [-0.15, -0.1) is 0 Å². The molecule has 0 spiro atoms. The summed E-state index contributed by atoms with van der Waals surface area (Å²) in [5, 5.41) is 7.18. The number of carbonyl (C=O) groups excluding carboxylic acids is 1. The fraction of sp³-hybridized carbons (Fsp3) is 0.286. The summed E-state index contributed by atoms with van der Waals surface area (Å²) >= 11 is 3.47. The number of aromatic nitrogens is 1. The fourth-order valence-electron chi connectivity index (χ4n) is 2.47. The number of hydrogen-bond acceptors (Lipinski definition) is 3. The van der Waals surface area contributed by atoms with Gasteiger partial charge in [-0.2, -0.15) is 0 Å². The number of aromatic amines is 1. The summed E-state index contributed by atoms with van der Waals surface area (Å²) < 4.78 is 1.05. The Bertz CT molecular complexity index is 692. The predicted molar refractivity (Wildman–Crippen MR) is 82.6 cm³/mol. The quantitative estimate of drug-likeness (QED) is 0.749. The molecule has 1 atom stereocenters. The number of rotatable bonds is 1. The summed E-state index contributed by atoms with van der Waals surface area (Å²) in [6.07, 6.45) is 2.93. The van der Waals surface area contributed by atoms with Crippen LogP contribution in [0.4, 0.5) is 0 Å². The monoisotopic (exact) mass is 334 g/mol. The molecule has 0 radical (unpaired) electrons. The molecule has 1 aliphatic heterocycles. The highest BCUT2D eigenvalue weighted by atomic mass is 79.9. The highest BCUT2D eigenvalue weighted by Gasteiger charge is 2.20. The molecule has 3 rings (SSSR count). The number of nitrogens with one attached hydrogen (secondary N) is 3. The van der Waals surface area contributed by atoms with E-state index in [9.17, 15) is 4.79 Å². The minimum absolute atomic E-state index is 0.111. The molecule has 0 bridgehead atoms. The van der Waals surface area contributed by atoms with Crippen LogP contribution in [0.25, 0.3) is 10.9 Å². The first-order valence-corrected chi connectivity index (χ1v) is 7.28. The maximum Gasteiger partial charge on any atom is 0.223 e. The van der Waals surface area contributed by atoms with Crippen LogP contribution in [0.3, 0.4) is 0 Å². The third kappa shape index (κ3) is 2.56. The van der Waals surface area contributed by atoms with Crippen molar-refractivity contribution in [3.63, 3.8) is 0 Å². The zero-order valence-electron chi connectivity index (χ0n) is 11.0. The van der Waals surface area contributed by atoms with Crippen molar-refractivity contribution >= 4 is 38.7 Å². The third-order valence-electron chi connectivity index (χ3n) is 3.34. The summed E-state index contributed by atoms with van der Waals surface area (Å²) in [6.45, 7) is 2.19. The molecule has 1 aliphatic rings. The Kier molecular flexibility index (Phi) is 3.48. The zero-order valence-corrected chi connectivity index (χ0v) is 12.6. The van der Waals surface area contributed by atoms with Gasteiger partial charge in [0.1, 0.15) is 0 Å². The van der Waals surface area contributed by atoms with Crippen LogP contribution >= 0.6 is 15.9 Å². The van der Waals surface area contributed by atoms with Crippen molar-refractivity contribution in [2.24, 2.45) is 4.99 Å². The van der Waals surface area contributed by atoms with E-state index < -0.39 is 0 Å². The van der Waals surface area contributed by atoms with Gasteiger partial charge in [-0.3, -0.25) is 15.1 Å². The average Bonchev–Trinajstić information content (AvgIpc) is 2.81. The number of carbonyl (C=O) groups is 1. The second-order valence-corrected chi connectivity index (χ2v) is 5.75. The molecule has 0 aliphatic carbocycles. The van der Waals surface area contributed by atoms with E-state index in [0.29, 0.717) is 12.5 Å². The molecule has 6 heteroatoms. The van der Waals surface area contributed by atoms with Gasteiger partial charge < -0.3 is 10.3 Å². The second kappa shape index (κ2) is 5.28. The number of benzene rings is 1. The zero-order chi connectivity index (χ0) is 14.1. The third-order valence-corrected chi connectivity index (χ3v) is 3.84. The number of hydrogen-bond donors (Lipinski definition) is 3. The van der Waals surface area contributed by atoms with E-state index in [1.165, 1.54) is 17.9 Å². The van der Waals surface area contributed by atoms with Crippen molar-refractivity contribution in [2.45, 2.75) is 19.4 Å². The van der Waals surface area contributed by atoms with Gasteiger partial charge in [0.2, 0.25) is 5.91 Å². The van der Waals surface area contributed by atoms with E-state index in [0.717, 1.165) is 16.4 Å². The molecule has 1 amide bonds. The van der Waals surface area contributed by atoms with E-state index in [4.69, 9.17) is 0 Å². The van der Waals surface area contributed by atoms with Crippen LogP contribution in [0.2, 0.25) is 0 Å². The second-order valence-electron chi connectivity index (χ2n) is 4.83. The normalized spacial score (nSPS) is 18.5. The molecular formula is C14H15BrN4O. The van der Waals surface area contributed by atoms with Gasteiger partial charge >= 0.3 is 0 Å². The highest BCUT2D eigenvalue weighted by molar-refractivity contribution is 9.10. The number of H-pyrrole nitrogens is 1. The molecule has 1 aromatic carbocycles. The predicted octanol–water partition coefficient (Wildman–Crippen LogP) is 2.46. The molecule has 104 valence electrons. The van der Waals surface area contributed by atoms with Gasteiger partial charge in [0.15, 0.2) is 5.96 Å². The number of aliphatic imine (C=N–C) groups is 1. The molecule has 20 heavy (non-hydrogen) atoms. The number of halogens is 1. The lowest BCUT2D eigenvalue weighted by molar-refractivity contribution is -0.117. The Balaban J connectivity index is 1.88. The van der Waals surface area contributed by atoms with Crippen LogP contribution < -0.4 is 10.6 Å². The molecule has 1 aromatic heterocycles. The van der Waals surface area contributed by atoms with Crippen LogP contribution in [0, 0.1) is 0 Å². The minimum Gasteiger partial charge on any atom is -0.361 e. The topological polar surface area (TPSA) is 69.3 Å². The number of fused-ring (bicyclic) bond motifs is 1. The van der Waals surface area contributed by atoms with Gasteiger partial charge in [-0.05, 0) is 24.1 Å². The van der Waals surface area contributed by atoms with Crippen LogP contribution in [-0.2, 0) is 4.79 Å². The maximum atomic E-state index is 11.1. The van der Waals surface area contributed by atoms with Gasteiger partial charge in [0.25, 0.3) is 0 Å². The minimum atomic E-state index is -0.111. The standard InChI is InChI=1S/C14H15BrN4O/c1-8(20)18-14-16-5-4-12(19-14)11-7-17-13-6-9(15)2-3-10(11)13/h2-3,6-7,12,17H,4-5H2,1H3,(H2,16,18,19,20). The molecule has 2 aromatic rings. The number of amides is 1. The molecule has 0 fully saturated rings. The number of guanidine groups is 1. The molecule has 0 saturated carbocycles. The SMILES string of the molecule is CC(=O)NC1=NCCC(c2c[nH]c3cc(Br)ccc23)N1. The largest absolute Gasteiger partial charge is 0.361 e. The summed E-state index contributed by atoms with van der Waals surface area (Å²) in [4.78, 5) is 18.7. The van der Waals surface area contributed by atoms with E-state index in [1.807, 2.05) is 12.3 Å². The summed E-state index contributed by atoms with van der Waals surface area (Å²) in [5.41, 5.74) is 2.30. The Morgan fingerprint density at radius 3 is 3.15 bits per heavy atom. The Labute approximate surface area is 125 Å². The van der Waals surface area contributed by atoms with E-state index in [2.05, 4.69) is 48.7 Å². The number of nitrogens with zero attached hydrogens (tertiary/aromatic N) is 1. The molecule has 0 saturated heterocycles. The van der Waals surface area contributed by atoms with Gasteiger partial charge in [-0.1, -0.05) is 22.0 Å². The Morgan fingerprint density at radius 1 is 1.50 bits per heavy atom. The van der Waals surface area contributed by atoms with Crippen molar-refractivity contribution in [1.29, 1.82) is 0 Å². The van der Waals surface area contributed by atoms with E-state index in [1.54, 1.807) is 0 Å². The lowest BCUT2D eigenvalue weighted by Crippen LogP contribution is -2.44. The first-order chi connectivity index (χ1) is 9.63. The van der Waals surface area contributed by atoms with Crippen LogP contribution in [-0.4, -0.2) is 23.4 Å². The van der Waals surface area contributed by atoms with Gasteiger partial charge in [0.05, 0.1) is 6.04 Å². The summed E-state index contributed by atoms with van der Waals surface area (Å²) in [7, 11) is 0. The van der Waals surface area contributed by atoms with E-state index >= 15 is 0 Å². The van der Waals surface area contributed by atoms with Crippen LogP contribution in [0.15, 0.2) is 33.9 Å². The molecular weight excluding hydrogens is 320 g/mol. The molecule has 1 unspecified atom stereocenters. The Morgan fingerprint density at radius 2 is 2.35 bits per heavy atom. The van der Waals surface area contributed by atoms with Crippen molar-refractivity contribution < 1.29 is 4.79 Å². The first-order valence-electron chi connectivity index (χ1n) is 6.48. The van der Waals surface area contributed by atoms with E-state index in [-0.39, 0.29) is 11.9 Å². The highest BCUT2D eigenvalue weighted by Crippen LogP contribution is 2.29. The molecule has 3 N–H and O–H groups in total. The van der Waals surface area contributed by atoms with Gasteiger partial charge in [0, 0.05) is 35.0 Å². The summed E-state index contributed by atoms with van der Waals surface area (Å²) in [5.74, 6) is 0.444. The smallest absolute Gasteiger partial charge is 0.223 e. The van der Waals surface area contributed by atoms with Crippen LogP contribution in [0.5, 0.6) is 0 Å². The van der Waals surface area contributed by atoms with Crippen molar-refractivity contribution in [3.8, 4) is 0 Å². The van der Waals surface area contributed by atoms with Crippen molar-refractivity contribution in [2.75, 3.05) is 6.54 Å². The van der Waals surface area contributed by atoms with Crippen molar-refractivity contribution in [1.82, 2.24) is 15.6 Å². The Hall–Kier alpha value is -1.82. The first kappa shape index (κ1) is 13.2. The van der Waals surface area contributed by atoms with Crippen LogP contribution in [0.1, 0.15) is 24.9 Å². The fourth-order valence-corrected chi connectivity index (χ4v) is 2.83. The van der Waals surface area contributed by atoms with Gasteiger partial charge in [-0.25, -0.2) is 0 Å². The van der Waals surface area contributed by atoms with Crippen molar-refractivity contribution in [3.05, 3.63) is 34.4 Å². The molecule has 5 nitrogen and oxygen atoms in total. The molecule has 2 heterocycles. The summed E-state index contributed by atoms with van der Waals surface area (Å²) in [6, 6.07) is 6.34. The maximum absolute atomic E-state index is 11.1.